The van der Waals surface area contributed by atoms with Crippen molar-refractivity contribution < 1.29 is 4.74 Å². The van der Waals surface area contributed by atoms with Crippen LogP contribution in [0, 0.1) is 9.49 Å². The Morgan fingerprint density at radius 1 is 1.33 bits per heavy atom. The van der Waals surface area contributed by atoms with E-state index in [1.807, 2.05) is 22.6 Å². The molecule has 2 rings (SSSR count). The average Bonchev–Trinajstić information content (AvgIpc) is 2.35. The lowest BCUT2D eigenvalue weighted by Crippen LogP contribution is -2.36. The molecule has 0 aromatic carbocycles. The van der Waals surface area contributed by atoms with Crippen molar-refractivity contribution in [2.75, 3.05) is 7.11 Å². The topological polar surface area (TPSA) is 35.0 Å². The van der Waals surface area contributed by atoms with Crippen molar-refractivity contribution in [3.8, 4) is 0 Å². The van der Waals surface area contributed by atoms with Gasteiger partial charge in [0.1, 0.15) is 15.9 Å². The van der Waals surface area contributed by atoms with E-state index in [9.17, 15) is 0 Å². The van der Waals surface area contributed by atoms with Crippen LogP contribution in [0.25, 0.3) is 0 Å². The van der Waals surface area contributed by atoms with Gasteiger partial charge in [0.2, 0.25) is 0 Å². The van der Waals surface area contributed by atoms with Crippen molar-refractivity contribution >= 4 is 45.8 Å². The van der Waals surface area contributed by atoms with Gasteiger partial charge in [0, 0.05) is 7.11 Å². The minimum atomic E-state index is -0.435. The standard InChI is InChI=1S/C12H15Cl2IN2O/c1-7-4-3-5-12(6-7,18-2)11-16-9(13)8(15)10(14)17-11/h7H,3-6H2,1-2H3. The minimum absolute atomic E-state index is 0.403. The summed E-state index contributed by atoms with van der Waals surface area (Å²) in [7, 11) is 1.71. The van der Waals surface area contributed by atoms with Crippen LogP contribution in [0.3, 0.4) is 0 Å². The number of nitrogens with zero attached hydrogens (tertiary/aromatic N) is 2. The Balaban J connectivity index is 2.44. The molecule has 0 radical (unpaired) electrons. The summed E-state index contributed by atoms with van der Waals surface area (Å²) in [6.45, 7) is 2.23. The summed E-state index contributed by atoms with van der Waals surface area (Å²) in [4.78, 5) is 8.74. The molecule has 1 heterocycles. The molecule has 2 unspecified atom stereocenters. The molecule has 1 aliphatic rings. The molecule has 0 bridgehead atoms. The highest BCUT2D eigenvalue weighted by molar-refractivity contribution is 14.1. The fourth-order valence-electron chi connectivity index (χ4n) is 2.58. The lowest BCUT2D eigenvalue weighted by Gasteiger charge is -2.37. The number of rotatable bonds is 2. The maximum absolute atomic E-state index is 6.10. The van der Waals surface area contributed by atoms with Crippen molar-refractivity contribution in [2.45, 2.75) is 38.2 Å². The molecule has 0 saturated heterocycles. The highest BCUT2D eigenvalue weighted by atomic mass is 127. The molecule has 0 amide bonds. The molecule has 1 saturated carbocycles. The monoisotopic (exact) mass is 400 g/mol. The van der Waals surface area contributed by atoms with Crippen molar-refractivity contribution in [1.82, 2.24) is 9.97 Å². The number of hydrogen-bond acceptors (Lipinski definition) is 3. The van der Waals surface area contributed by atoms with Crippen LogP contribution >= 0.6 is 45.8 Å². The highest BCUT2D eigenvalue weighted by Crippen LogP contribution is 2.42. The molecule has 3 nitrogen and oxygen atoms in total. The van der Waals surface area contributed by atoms with Gasteiger partial charge in [-0.25, -0.2) is 9.97 Å². The van der Waals surface area contributed by atoms with Gasteiger partial charge in [0.25, 0.3) is 0 Å². The van der Waals surface area contributed by atoms with Gasteiger partial charge in [-0.05, 0) is 47.8 Å². The predicted octanol–water partition coefficient (Wildman–Crippen LogP) is 4.44. The van der Waals surface area contributed by atoms with Gasteiger partial charge in [-0.3, -0.25) is 0 Å². The molecule has 18 heavy (non-hydrogen) atoms. The van der Waals surface area contributed by atoms with Crippen LogP contribution < -0.4 is 0 Å². The van der Waals surface area contributed by atoms with Crippen LogP contribution in [0.2, 0.25) is 10.3 Å². The SMILES string of the molecule is COC1(c2nc(Cl)c(I)c(Cl)n2)CCCC(C)C1. The van der Waals surface area contributed by atoms with E-state index in [0.717, 1.165) is 19.3 Å². The average molecular weight is 401 g/mol. The number of halogens is 3. The number of aromatic nitrogens is 2. The maximum Gasteiger partial charge on any atom is 0.163 e. The van der Waals surface area contributed by atoms with Gasteiger partial charge in [-0.2, -0.15) is 0 Å². The normalized spacial score (nSPS) is 28.4. The van der Waals surface area contributed by atoms with E-state index in [1.54, 1.807) is 7.11 Å². The molecule has 100 valence electrons. The fourth-order valence-corrected chi connectivity index (χ4v) is 3.21. The molecule has 0 spiro atoms. The third kappa shape index (κ3) is 2.76. The second-order valence-electron chi connectivity index (χ2n) is 4.84. The number of methoxy groups -OCH3 is 1. The summed E-state index contributed by atoms with van der Waals surface area (Å²) >= 11 is 14.2. The Kier molecular flexibility index (Phi) is 4.73. The molecule has 2 atom stereocenters. The molecule has 1 aromatic rings. The first-order valence-electron chi connectivity index (χ1n) is 5.92. The summed E-state index contributed by atoms with van der Waals surface area (Å²) in [6, 6.07) is 0. The molecule has 0 aliphatic heterocycles. The molecular formula is C12H15Cl2IN2O. The van der Waals surface area contributed by atoms with Crippen LogP contribution in [-0.4, -0.2) is 17.1 Å². The zero-order valence-electron chi connectivity index (χ0n) is 10.3. The Hall–Kier alpha value is 0.350. The first-order valence-corrected chi connectivity index (χ1v) is 7.76. The quantitative estimate of drug-likeness (QED) is 0.543. The molecular weight excluding hydrogens is 386 g/mol. The maximum atomic E-state index is 6.10. The van der Waals surface area contributed by atoms with E-state index in [1.165, 1.54) is 6.42 Å². The first-order chi connectivity index (χ1) is 8.48. The van der Waals surface area contributed by atoms with Crippen LogP contribution in [0.5, 0.6) is 0 Å². The van der Waals surface area contributed by atoms with E-state index in [4.69, 9.17) is 27.9 Å². The van der Waals surface area contributed by atoms with E-state index >= 15 is 0 Å². The predicted molar refractivity (Wildman–Crippen MR) is 81.1 cm³/mol. The first kappa shape index (κ1) is 14.8. The minimum Gasteiger partial charge on any atom is -0.370 e. The Bertz CT molecular complexity index is 435. The van der Waals surface area contributed by atoms with Gasteiger partial charge in [0.05, 0.1) is 3.57 Å². The van der Waals surface area contributed by atoms with Gasteiger partial charge in [-0.1, -0.05) is 36.5 Å². The second-order valence-corrected chi connectivity index (χ2v) is 6.64. The Morgan fingerprint density at radius 3 is 2.44 bits per heavy atom. The van der Waals surface area contributed by atoms with Gasteiger partial charge in [-0.15, -0.1) is 0 Å². The van der Waals surface area contributed by atoms with Crippen molar-refractivity contribution in [3.63, 3.8) is 0 Å². The third-order valence-corrected chi connectivity index (χ3v) is 5.73. The molecule has 6 heteroatoms. The molecule has 1 aromatic heterocycles. The van der Waals surface area contributed by atoms with Crippen molar-refractivity contribution in [1.29, 1.82) is 0 Å². The summed E-state index contributed by atoms with van der Waals surface area (Å²) < 4.78 is 6.43. The van der Waals surface area contributed by atoms with Crippen molar-refractivity contribution in [2.24, 2.45) is 5.92 Å². The second kappa shape index (κ2) is 5.77. The summed E-state index contributed by atoms with van der Waals surface area (Å²) in [5.74, 6) is 1.21. The van der Waals surface area contributed by atoms with Gasteiger partial charge >= 0.3 is 0 Å². The molecule has 1 fully saturated rings. The zero-order valence-corrected chi connectivity index (χ0v) is 14.0. The van der Waals surface area contributed by atoms with Crippen LogP contribution in [-0.2, 0) is 10.3 Å². The summed E-state index contributed by atoms with van der Waals surface area (Å²) in [5, 5.41) is 0.806. The third-order valence-electron chi connectivity index (χ3n) is 3.52. The fraction of sp³-hybridized carbons (Fsp3) is 0.667. The zero-order chi connectivity index (χ0) is 13.3. The van der Waals surface area contributed by atoms with E-state index in [2.05, 4.69) is 16.9 Å². The Labute approximate surface area is 131 Å². The summed E-state index contributed by atoms with van der Waals surface area (Å²) in [6.07, 6.45) is 4.16. The lowest BCUT2D eigenvalue weighted by molar-refractivity contribution is -0.0646. The lowest BCUT2D eigenvalue weighted by atomic mass is 9.78. The highest BCUT2D eigenvalue weighted by Gasteiger charge is 2.40. The van der Waals surface area contributed by atoms with E-state index in [0.29, 0.717) is 25.6 Å². The molecule has 1 aliphatic carbocycles. The number of ether oxygens (including phenoxy) is 1. The van der Waals surface area contributed by atoms with Crippen LogP contribution in [0.15, 0.2) is 0 Å². The van der Waals surface area contributed by atoms with Gasteiger partial charge in [0.15, 0.2) is 5.82 Å². The molecule has 0 N–H and O–H groups in total. The van der Waals surface area contributed by atoms with Crippen LogP contribution in [0.4, 0.5) is 0 Å². The van der Waals surface area contributed by atoms with E-state index in [-0.39, 0.29) is 0 Å². The summed E-state index contributed by atoms with van der Waals surface area (Å²) in [5.41, 5.74) is -0.435. The van der Waals surface area contributed by atoms with E-state index < -0.39 is 5.60 Å². The van der Waals surface area contributed by atoms with Gasteiger partial charge < -0.3 is 4.74 Å². The van der Waals surface area contributed by atoms with Crippen molar-refractivity contribution in [3.05, 3.63) is 19.7 Å². The largest absolute Gasteiger partial charge is 0.370 e. The smallest absolute Gasteiger partial charge is 0.163 e. The number of hydrogen-bond donors (Lipinski definition) is 0. The van der Waals surface area contributed by atoms with Crippen LogP contribution in [0.1, 0.15) is 38.4 Å². The Morgan fingerprint density at radius 2 is 1.94 bits per heavy atom.